The molecule has 0 aromatic carbocycles. The third-order valence-corrected chi connectivity index (χ3v) is 4.47. The Morgan fingerprint density at radius 3 is 2.67 bits per heavy atom. The quantitative estimate of drug-likeness (QED) is 0.860. The number of aryl methyl sites for hydroxylation is 1. The Bertz CT molecular complexity index is 436. The minimum absolute atomic E-state index is 0.683. The monoisotopic (exact) mass is 289 g/mol. The summed E-state index contributed by atoms with van der Waals surface area (Å²) in [6.07, 6.45) is 8.87. The Morgan fingerprint density at radius 1 is 1.29 bits per heavy atom. The lowest BCUT2D eigenvalue weighted by molar-refractivity contribution is 0.426. The molecule has 3 heteroatoms. The van der Waals surface area contributed by atoms with E-state index in [1.54, 1.807) is 0 Å². The molecule has 2 rings (SSSR count). The van der Waals surface area contributed by atoms with E-state index in [1.807, 2.05) is 0 Å². The highest BCUT2D eigenvalue weighted by molar-refractivity contribution is 5.54. The third-order valence-electron chi connectivity index (χ3n) is 4.47. The van der Waals surface area contributed by atoms with Gasteiger partial charge in [-0.2, -0.15) is 0 Å². The highest BCUT2D eigenvalue weighted by Gasteiger charge is 2.20. The Kier molecular flexibility index (Phi) is 6.04. The molecule has 0 saturated heterocycles. The molecule has 1 heterocycles. The van der Waals surface area contributed by atoms with Gasteiger partial charge in [0.15, 0.2) is 0 Å². The third kappa shape index (κ3) is 4.70. The van der Waals surface area contributed by atoms with Crippen LogP contribution in [-0.2, 0) is 6.54 Å². The zero-order valence-electron chi connectivity index (χ0n) is 14.2. The second-order valence-corrected chi connectivity index (χ2v) is 6.88. The number of nitrogens with zero attached hydrogens (tertiary/aromatic N) is 2. The minimum Gasteiger partial charge on any atom is -0.371 e. The van der Waals surface area contributed by atoms with Gasteiger partial charge in [-0.15, -0.1) is 0 Å². The number of rotatable bonds is 6. The van der Waals surface area contributed by atoms with Crippen molar-refractivity contribution in [3.05, 3.63) is 23.5 Å². The van der Waals surface area contributed by atoms with Gasteiger partial charge < -0.3 is 10.2 Å². The lowest BCUT2D eigenvalue weighted by Gasteiger charge is -2.34. The predicted molar refractivity (Wildman–Crippen MR) is 90.8 cm³/mol. The molecule has 21 heavy (non-hydrogen) atoms. The minimum atomic E-state index is 0.683. The largest absolute Gasteiger partial charge is 0.371 e. The number of hydrogen-bond donors (Lipinski definition) is 1. The number of anilines is 1. The zero-order chi connectivity index (χ0) is 15.2. The summed E-state index contributed by atoms with van der Waals surface area (Å²) in [6, 6.07) is 2.95. The smallest absolute Gasteiger partial charge is 0.0445 e. The fourth-order valence-corrected chi connectivity index (χ4v) is 3.20. The van der Waals surface area contributed by atoms with Crippen LogP contribution in [0.5, 0.6) is 0 Å². The van der Waals surface area contributed by atoms with E-state index in [2.05, 4.69) is 55.3 Å². The van der Waals surface area contributed by atoms with Gasteiger partial charge in [0.2, 0.25) is 0 Å². The topological polar surface area (TPSA) is 28.2 Å². The standard InChI is InChI=1S/C18H31N3/c1-14(2)11-19-12-16-13-20-15(3)10-18(16)21(4)17-8-6-5-7-9-17/h10,13-14,17,19H,5-9,11-12H2,1-4H3. The Hall–Kier alpha value is -1.09. The molecule has 118 valence electrons. The van der Waals surface area contributed by atoms with E-state index in [0.717, 1.165) is 18.8 Å². The molecule has 3 nitrogen and oxygen atoms in total. The van der Waals surface area contributed by atoms with E-state index in [4.69, 9.17) is 0 Å². The molecule has 1 saturated carbocycles. The summed E-state index contributed by atoms with van der Waals surface area (Å²) in [5, 5.41) is 3.55. The predicted octanol–water partition coefficient (Wildman–Crippen LogP) is 3.90. The van der Waals surface area contributed by atoms with E-state index < -0.39 is 0 Å². The summed E-state index contributed by atoms with van der Waals surface area (Å²) in [5.41, 5.74) is 3.81. The van der Waals surface area contributed by atoms with E-state index in [-0.39, 0.29) is 0 Å². The van der Waals surface area contributed by atoms with Crippen LogP contribution in [0.4, 0.5) is 5.69 Å². The number of hydrogen-bond acceptors (Lipinski definition) is 3. The van der Waals surface area contributed by atoms with Gasteiger partial charge in [-0.25, -0.2) is 0 Å². The summed E-state index contributed by atoms with van der Waals surface area (Å²) in [4.78, 5) is 7.00. The van der Waals surface area contributed by atoms with Gasteiger partial charge in [0.1, 0.15) is 0 Å². The molecule has 1 aliphatic carbocycles. The Labute approximate surface area is 130 Å². The van der Waals surface area contributed by atoms with E-state index in [9.17, 15) is 0 Å². The van der Waals surface area contributed by atoms with Crippen molar-refractivity contribution in [3.8, 4) is 0 Å². The molecule has 1 aromatic heterocycles. The first-order valence-electron chi connectivity index (χ1n) is 8.47. The molecule has 0 aliphatic heterocycles. The summed E-state index contributed by atoms with van der Waals surface area (Å²) in [6.45, 7) is 8.55. The first-order chi connectivity index (χ1) is 10.1. The average molecular weight is 289 g/mol. The summed E-state index contributed by atoms with van der Waals surface area (Å²) < 4.78 is 0. The van der Waals surface area contributed by atoms with Gasteiger partial charge in [0.25, 0.3) is 0 Å². The number of pyridine rings is 1. The first-order valence-corrected chi connectivity index (χ1v) is 8.47. The van der Waals surface area contributed by atoms with Gasteiger partial charge in [-0.1, -0.05) is 33.1 Å². The van der Waals surface area contributed by atoms with Crippen LogP contribution in [-0.4, -0.2) is 24.6 Å². The highest BCUT2D eigenvalue weighted by atomic mass is 15.1. The molecule has 1 aliphatic rings. The van der Waals surface area contributed by atoms with Gasteiger partial charge in [-0.05, 0) is 38.3 Å². The fraction of sp³-hybridized carbons (Fsp3) is 0.722. The molecule has 0 bridgehead atoms. The maximum atomic E-state index is 4.50. The van der Waals surface area contributed by atoms with Crippen molar-refractivity contribution in [2.45, 2.75) is 65.5 Å². The molecule has 1 N–H and O–H groups in total. The fourth-order valence-electron chi connectivity index (χ4n) is 3.20. The normalized spacial score (nSPS) is 16.4. The summed E-state index contributed by atoms with van der Waals surface area (Å²) in [5.74, 6) is 0.683. The van der Waals surface area contributed by atoms with Crippen molar-refractivity contribution in [1.82, 2.24) is 10.3 Å². The van der Waals surface area contributed by atoms with Crippen LogP contribution < -0.4 is 10.2 Å². The zero-order valence-corrected chi connectivity index (χ0v) is 14.2. The van der Waals surface area contributed by atoms with Gasteiger partial charge in [-0.3, -0.25) is 4.98 Å². The molecule has 0 amide bonds. The van der Waals surface area contributed by atoms with Crippen molar-refractivity contribution in [2.75, 3.05) is 18.5 Å². The number of nitrogens with one attached hydrogen (secondary N) is 1. The SMILES string of the molecule is Cc1cc(N(C)C2CCCCC2)c(CNCC(C)C)cn1. The van der Waals surface area contributed by atoms with Crippen LogP contribution in [0.25, 0.3) is 0 Å². The molecular weight excluding hydrogens is 258 g/mol. The van der Waals surface area contributed by atoms with Crippen LogP contribution in [0.2, 0.25) is 0 Å². The molecular formula is C18H31N3. The second-order valence-electron chi connectivity index (χ2n) is 6.88. The average Bonchev–Trinajstić information content (AvgIpc) is 2.48. The van der Waals surface area contributed by atoms with Crippen molar-refractivity contribution in [3.63, 3.8) is 0 Å². The van der Waals surface area contributed by atoms with Crippen molar-refractivity contribution >= 4 is 5.69 Å². The van der Waals surface area contributed by atoms with Crippen LogP contribution >= 0.6 is 0 Å². The maximum absolute atomic E-state index is 4.50. The van der Waals surface area contributed by atoms with E-state index >= 15 is 0 Å². The summed E-state index contributed by atoms with van der Waals surface area (Å²) >= 11 is 0. The Balaban J connectivity index is 2.09. The molecule has 1 aromatic rings. The maximum Gasteiger partial charge on any atom is 0.0445 e. The molecule has 0 spiro atoms. The lowest BCUT2D eigenvalue weighted by Crippen LogP contribution is -2.34. The van der Waals surface area contributed by atoms with E-state index in [1.165, 1.54) is 43.4 Å². The molecule has 1 fully saturated rings. The molecule has 0 radical (unpaired) electrons. The van der Waals surface area contributed by atoms with Crippen molar-refractivity contribution in [2.24, 2.45) is 5.92 Å². The molecule has 0 atom stereocenters. The van der Waals surface area contributed by atoms with Gasteiger partial charge >= 0.3 is 0 Å². The van der Waals surface area contributed by atoms with Crippen LogP contribution in [0.15, 0.2) is 12.3 Å². The second kappa shape index (κ2) is 7.79. The number of aromatic nitrogens is 1. The van der Waals surface area contributed by atoms with Crippen LogP contribution in [0.1, 0.15) is 57.2 Å². The first kappa shape index (κ1) is 16.3. The van der Waals surface area contributed by atoms with Gasteiger partial charge in [0.05, 0.1) is 0 Å². The van der Waals surface area contributed by atoms with E-state index in [0.29, 0.717) is 12.0 Å². The van der Waals surface area contributed by atoms with Crippen molar-refractivity contribution < 1.29 is 0 Å². The van der Waals surface area contributed by atoms with Crippen molar-refractivity contribution in [1.29, 1.82) is 0 Å². The molecule has 0 unspecified atom stereocenters. The summed E-state index contributed by atoms with van der Waals surface area (Å²) in [7, 11) is 2.26. The van der Waals surface area contributed by atoms with Crippen LogP contribution in [0, 0.1) is 12.8 Å². The van der Waals surface area contributed by atoms with Crippen LogP contribution in [0.3, 0.4) is 0 Å². The lowest BCUT2D eigenvalue weighted by atomic mass is 9.94. The Morgan fingerprint density at radius 2 is 2.00 bits per heavy atom. The van der Waals surface area contributed by atoms with Gasteiger partial charge in [0, 0.05) is 42.8 Å². The highest BCUT2D eigenvalue weighted by Crippen LogP contribution is 2.28.